The third kappa shape index (κ3) is 2.69. The summed E-state index contributed by atoms with van der Waals surface area (Å²) in [6.45, 7) is 3.62. The van der Waals surface area contributed by atoms with Crippen LogP contribution in [0.25, 0.3) is 0 Å². The molecule has 2 aliphatic heterocycles. The van der Waals surface area contributed by atoms with E-state index >= 15 is 0 Å². The molecule has 6 nitrogen and oxygen atoms in total. The minimum atomic E-state index is -0.676. The van der Waals surface area contributed by atoms with Gasteiger partial charge in [0.25, 0.3) is 0 Å². The Labute approximate surface area is 118 Å². The van der Waals surface area contributed by atoms with Gasteiger partial charge in [0, 0.05) is 26.2 Å². The van der Waals surface area contributed by atoms with Crippen LogP contribution in [-0.2, 0) is 4.79 Å². The van der Waals surface area contributed by atoms with Crippen molar-refractivity contribution in [2.24, 2.45) is 5.92 Å². The van der Waals surface area contributed by atoms with Crippen molar-refractivity contribution in [2.45, 2.75) is 25.7 Å². The first-order chi connectivity index (χ1) is 9.74. The average Bonchev–Trinajstić information content (AvgIpc) is 3.02. The molecule has 0 amide bonds. The monoisotopic (exact) mass is 276 g/mol. The van der Waals surface area contributed by atoms with Crippen LogP contribution in [0.4, 0.5) is 11.6 Å². The molecule has 1 N–H and O–H groups in total. The summed E-state index contributed by atoms with van der Waals surface area (Å²) in [6.07, 6.45) is 7.55. The lowest BCUT2D eigenvalue weighted by atomic mass is 9.97. The number of nitrogens with zero attached hydrogens (tertiary/aromatic N) is 4. The molecular formula is C14H20N4O2. The maximum Gasteiger partial charge on any atom is 0.306 e. The lowest BCUT2D eigenvalue weighted by Crippen LogP contribution is -2.36. The second-order valence-electron chi connectivity index (χ2n) is 5.53. The second kappa shape index (κ2) is 5.64. The van der Waals surface area contributed by atoms with E-state index in [0.29, 0.717) is 12.8 Å². The molecule has 0 radical (unpaired) electrons. The van der Waals surface area contributed by atoms with Gasteiger partial charge in [-0.1, -0.05) is 0 Å². The topological polar surface area (TPSA) is 69.6 Å². The molecule has 3 heterocycles. The number of aliphatic carboxylic acids is 1. The summed E-state index contributed by atoms with van der Waals surface area (Å²) in [5.41, 5.74) is 0.997. The molecule has 3 rings (SSSR count). The molecular weight excluding hydrogens is 256 g/mol. The predicted octanol–water partition coefficient (Wildman–Crippen LogP) is 1.38. The molecule has 6 heteroatoms. The van der Waals surface area contributed by atoms with Gasteiger partial charge in [0.15, 0.2) is 0 Å². The van der Waals surface area contributed by atoms with Crippen LogP contribution in [0.15, 0.2) is 12.4 Å². The van der Waals surface area contributed by atoms with E-state index in [4.69, 9.17) is 5.11 Å². The zero-order chi connectivity index (χ0) is 13.9. The van der Waals surface area contributed by atoms with Crippen LogP contribution in [0, 0.1) is 5.92 Å². The Bertz CT molecular complexity index is 463. The van der Waals surface area contributed by atoms with Gasteiger partial charge in [-0.15, -0.1) is 0 Å². The van der Waals surface area contributed by atoms with E-state index in [9.17, 15) is 4.79 Å². The van der Waals surface area contributed by atoms with Gasteiger partial charge in [0.05, 0.1) is 24.0 Å². The van der Waals surface area contributed by atoms with Crippen molar-refractivity contribution in [1.29, 1.82) is 0 Å². The largest absolute Gasteiger partial charge is 0.481 e. The normalized spacial score (nSPS) is 20.4. The molecule has 0 bridgehead atoms. The zero-order valence-corrected chi connectivity index (χ0v) is 11.5. The fourth-order valence-electron chi connectivity index (χ4n) is 2.94. The maximum atomic E-state index is 10.9. The highest BCUT2D eigenvalue weighted by molar-refractivity contribution is 5.70. The first kappa shape index (κ1) is 13.1. The zero-order valence-electron chi connectivity index (χ0n) is 11.5. The summed E-state index contributed by atoms with van der Waals surface area (Å²) in [6, 6.07) is 0. The van der Waals surface area contributed by atoms with Gasteiger partial charge < -0.3 is 14.9 Å². The third-order valence-corrected chi connectivity index (χ3v) is 4.22. The Morgan fingerprint density at radius 1 is 1.05 bits per heavy atom. The average molecular weight is 276 g/mol. The molecule has 0 atom stereocenters. The molecule has 20 heavy (non-hydrogen) atoms. The predicted molar refractivity (Wildman–Crippen MR) is 76.1 cm³/mol. The minimum Gasteiger partial charge on any atom is -0.481 e. The first-order valence-corrected chi connectivity index (χ1v) is 7.29. The molecule has 1 aromatic heterocycles. The summed E-state index contributed by atoms with van der Waals surface area (Å²) in [5, 5.41) is 9.00. The van der Waals surface area contributed by atoms with Crippen molar-refractivity contribution < 1.29 is 9.90 Å². The number of carboxylic acid groups (broad SMARTS) is 1. The van der Waals surface area contributed by atoms with Crippen LogP contribution in [0.2, 0.25) is 0 Å². The SMILES string of the molecule is O=C(O)C1CCN(c2cnc(N3CCCC3)nc2)CC1. The van der Waals surface area contributed by atoms with Gasteiger partial charge in [-0.05, 0) is 25.7 Å². The highest BCUT2D eigenvalue weighted by Gasteiger charge is 2.25. The first-order valence-electron chi connectivity index (χ1n) is 7.29. The van der Waals surface area contributed by atoms with E-state index in [1.807, 2.05) is 12.4 Å². The van der Waals surface area contributed by atoms with E-state index in [1.54, 1.807) is 0 Å². The van der Waals surface area contributed by atoms with Crippen LogP contribution in [0.5, 0.6) is 0 Å². The van der Waals surface area contributed by atoms with Crippen molar-refractivity contribution >= 4 is 17.6 Å². The number of aromatic nitrogens is 2. The van der Waals surface area contributed by atoms with Gasteiger partial charge in [0.1, 0.15) is 0 Å². The highest BCUT2D eigenvalue weighted by atomic mass is 16.4. The van der Waals surface area contributed by atoms with Crippen molar-refractivity contribution in [3.8, 4) is 0 Å². The summed E-state index contributed by atoms with van der Waals surface area (Å²) in [5.74, 6) is -0.0620. The van der Waals surface area contributed by atoms with E-state index in [-0.39, 0.29) is 5.92 Å². The Morgan fingerprint density at radius 3 is 2.20 bits per heavy atom. The summed E-state index contributed by atoms with van der Waals surface area (Å²) < 4.78 is 0. The van der Waals surface area contributed by atoms with Crippen LogP contribution in [0.1, 0.15) is 25.7 Å². The number of carbonyl (C=O) groups is 1. The summed E-state index contributed by atoms with van der Waals surface area (Å²) in [4.78, 5) is 24.2. The van der Waals surface area contributed by atoms with Crippen LogP contribution >= 0.6 is 0 Å². The van der Waals surface area contributed by atoms with Crippen LogP contribution in [-0.4, -0.2) is 47.2 Å². The van der Waals surface area contributed by atoms with Crippen LogP contribution in [0.3, 0.4) is 0 Å². The Kier molecular flexibility index (Phi) is 3.71. The Hall–Kier alpha value is -1.85. The second-order valence-corrected chi connectivity index (χ2v) is 5.53. The molecule has 0 spiro atoms. The van der Waals surface area contributed by atoms with E-state index in [1.165, 1.54) is 12.8 Å². The molecule has 0 unspecified atom stereocenters. The number of anilines is 2. The van der Waals surface area contributed by atoms with Crippen molar-refractivity contribution in [1.82, 2.24) is 9.97 Å². The van der Waals surface area contributed by atoms with Crippen molar-refractivity contribution in [2.75, 3.05) is 36.0 Å². The fourth-order valence-corrected chi connectivity index (χ4v) is 2.94. The van der Waals surface area contributed by atoms with Gasteiger partial charge in [-0.2, -0.15) is 0 Å². The van der Waals surface area contributed by atoms with E-state index in [2.05, 4.69) is 19.8 Å². The fraction of sp³-hybridized carbons (Fsp3) is 0.643. The minimum absolute atomic E-state index is 0.198. The smallest absolute Gasteiger partial charge is 0.306 e. The number of piperidine rings is 1. The van der Waals surface area contributed by atoms with Crippen LogP contribution < -0.4 is 9.80 Å². The molecule has 2 aliphatic rings. The van der Waals surface area contributed by atoms with E-state index in [0.717, 1.165) is 37.8 Å². The Morgan fingerprint density at radius 2 is 1.65 bits per heavy atom. The lowest BCUT2D eigenvalue weighted by Gasteiger charge is -2.31. The Balaban J connectivity index is 1.62. The number of hydrogen-bond acceptors (Lipinski definition) is 5. The molecule has 0 saturated carbocycles. The van der Waals surface area contributed by atoms with Gasteiger partial charge in [0.2, 0.25) is 5.95 Å². The summed E-state index contributed by atoms with van der Waals surface area (Å²) >= 11 is 0. The molecule has 0 aliphatic carbocycles. The van der Waals surface area contributed by atoms with Crippen molar-refractivity contribution in [3.63, 3.8) is 0 Å². The lowest BCUT2D eigenvalue weighted by molar-refractivity contribution is -0.142. The standard InChI is InChI=1S/C14H20N4O2/c19-13(20)11-3-7-17(8-4-11)12-9-15-14(16-10-12)18-5-1-2-6-18/h9-11H,1-8H2,(H,19,20). The summed E-state index contributed by atoms with van der Waals surface area (Å²) in [7, 11) is 0. The molecule has 1 aromatic rings. The van der Waals surface area contributed by atoms with Gasteiger partial charge >= 0.3 is 5.97 Å². The van der Waals surface area contributed by atoms with Crippen molar-refractivity contribution in [3.05, 3.63) is 12.4 Å². The van der Waals surface area contributed by atoms with Gasteiger partial charge in [-0.25, -0.2) is 9.97 Å². The quantitative estimate of drug-likeness (QED) is 0.899. The molecule has 2 fully saturated rings. The number of hydrogen-bond donors (Lipinski definition) is 1. The van der Waals surface area contributed by atoms with E-state index < -0.39 is 5.97 Å². The highest BCUT2D eigenvalue weighted by Crippen LogP contribution is 2.23. The maximum absolute atomic E-state index is 10.9. The van der Waals surface area contributed by atoms with Gasteiger partial charge in [-0.3, -0.25) is 4.79 Å². The third-order valence-electron chi connectivity index (χ3n) is 4.22. The molecule has 2 saturated heterocycles. The molecule has 0 aromatic carbocycles. The number of carboxylic acids is 1. The number of rotatable bonds is 3. The molecule has 108 valence electrons.